The van der Waals surface area contributed by atoms with Crippen LogP contribution in [0.5, 0.6) is 0 Å². The van der Waals surface area contributed by atoms with Crippen molar-refractivity contribution in [3.05, 3.63) is 54.6 Å². The van der Waals surface area contributed by atoms with Gasteiger partial charge < -0.3 is 0 Å². The first-order valence-corrected chi connectivity index (χ1v) is 8.88. The van der Waals surface area contributed by atoms with Gasteiger partial charge in [0.25, 0.3) is 0 Å². The zero-order chi connectivity index (χ0) is 15.3. The van der Waals surface area contributed by atoms with Crippen molar-refractivity contribution in [2.24, 2.45) is 0 Å². The van der Waals surface area contributed by atoms with Crippen LogP contribution in [0.15, 0.2) is 37.7 Å². The first kappa shape index (κ1) is 15.3. The predicted molar refractivity (Wildman–Crippen MR) is 98.4 cm³/mol. The molecule has 2 aromatic heterocycles. The molecule has 0 saturated heterocycles. The van der Waals surface area contributed by atoms with Gasteiger partial charge in [-0.3, -0.25) is 4.57 Å². The normalized spacial score (nSPS) is 11.3. The van der Waals surface area contributed by atoms with E-state index in [0.717, 1.165) is 30.4 Å². The minimum Gasteiger partial charge on any atom is -0.297 e. The van der Waals surface area contributed by atoms with Crippen LogP contribution in [-0.4, -0.2) is 9.55 Å². The van der Waals surface area contributed by atoms with Crippen LogP contribution in [0.25, 0.3) is 16.7 Å². The number of aromatic nitrogens is 2. The van der Waals surface area contributed by atoms with Gasteiger partial charge in [-0.1, -0.05) is 0 Å². The van der Waals surface area contributed by atoms with Crippen molar-refractivity contribution in [1.82, 2.24) is 9.55 Å². The van der Waals surface area contributed by atoms with Crippen molar-refractivity contribution in [1.29, 1.82) is 0 Å². The lowest BCUT2D eigenvalue weighted by atomic mass is 10.2. The van der Waals surface area contributed by atoms with Crippen LogP contribution in [0.1, 0.15) is 17.0 Å². The van der Waals surface area contributed by atoms with Gasteiger partial charge in [-0.15, -0.1) is 0 Å². The van der Waals surface area contributed by atoms with Gasteiger partial charge in [-0.05, 0) is 98.4 Å². The highest BCUT2D eigenvalue weighted by Crippen LogP contribution is 2.35. The maximum absolute atomic E-state index is 4.74. The van der Waals surface area contributed by atoms with Crippen LogP contribution >= 0.6 is 47.8 Å². The Balaban J connectivity index is 2.43. The second kappa shape index (κ2) is 5.52. The van der Waals surface area contributed by atoms with E-state index in [1.807, 2.05) is 6.92 Å². The van der Waals surface area contributed by atoms with Gasteiger partial charge in [-0.25, -0.2) is 4.98 Å². The number of nitrogens with zero attached hydrogens (tertiary/aromatic N) is 2. The molecule has 21 heavy (non-hydrogen) atoms. The maximum atomic E-state index is 4.74. The summed E-state index contributed by atoms with van der Waals surface area (Å²) in [7, 11) is 0. The molecule has 0 atom stereocenters. The maximum Gasteiger partial charge on any atom is 0.145 e. The molecule has 0 aliphatic rings. The molecule has 3 aromatic rings. The Morgan fingerprint density at radius 2 is 1.57 bits per heavy atom. The smallest absolute Gasteiger partial charge is 0.145 e. The van der Waals surface area contributed by atoms with E-state index in [1.54, 1.807) is 0 Å². The summed E-state index contributed by atoms with van der Waals surface area (Å²) in [6.45, 7) is 6.30. The van der Waals surface area contributed by atoms with Crippen LogP contribution in [0.3, 0.4) is 0 Å². The molecule has 0 fully saturated rings. The molecule has 3 rings (SSSR count). The molecular formula is C16H13Br3N2. The Morgan fingerprint density at radius 3 is 2.29 bits per heavy atom. The summed E-state index contributed by atoms with van der Waals surface area (Å²) in [5.41, 5.74) is 5.58. The Bertz CT molecular complexity index is 866. The molecule has 0 amide bonds. The molecular weight excluding hydrogens is 460 g/mol. The standard InChI is InChI=1S/C16H13Br3N2/c1-8-4-5-11-9(2)10(3)21(16(11)20-8)15-7-13(18)12(17)6-14(15)19/h4-7H,1-3H3. The monoisotopic (exact) mass is 470 g/mol. The van der Waals surface area contributed by atoms with E-state index in [-0.39, 0.29) is 0 Å². The molecule has 0 bridgehead atoms. The van der Waals surface area contributed by atoms with Crippen molar-refractivity contribution in [3.63, 3.8) is 0 Å². The van der Waals surface area contributed by atoms with Crippen molar-refractivity contribution in [3.8, 4) is 5.69 Å². The third-order valence-electron chi connectivity index (χ3n) is 3.74. The van der Waals surface area contributed by atoms with Gasteiger partial charge in [0.15, 0.2) is 0 Å². The largest absolute Gasteiger partial charge is 0.297 e. The van der Waals surface area contributed by atoms with Crippen LogP contribution in [0, 0.1) is 20.8 Å². The van der Waals surface area contributed by atoms with E-state index in [0.29, 0.717) is 0 Å². The highest BCUT2D eigenvalue weighted by molar-refractivity contribution is 9.13. The molecule has 0 aliphatic heterocycles. The van der Waals surface area contributed by atoms with E-state index >= 15 is 0 Å². The van der Waals surface area contributed by atoms with E-state index in [9.17, 15) is 0 Å². The van der Waals surface area contributed by atoms with Crippen LogP contribution in [0.4, 0.5) is 0 Å². The Hall–Kier alpha value is -0.650. The third kappa shape index (κ3) is 2.49. The fourth-order valence-electron chi connectivity index (χ4n) is 2.51. The minimum atomic E-state index is 1.000. The van der Waals surface area contributed by atoms with E-state index in [2.05, 4.69) is 90.5 Å². The van der Waals surface area contributed by atoms with Crippen molar-refractivity contribution >= 4 is 58.8 Å². The quantitative estimate of drug-likeness (QED) is 0.383. The van der Waals surface area contributed by atoms with Gasteiger partial charge in [0.2, 0.25) is 0 Å². The van der Waals surface area contributed by atoms with Crippen LogP contribution < -0.4 is 0 Å². The minimum absolute atomic E-state index is 1.000. The summed E-state index contributed by atoms with van der Waals surface area (Å²) in [6.07, 6.45) is 0. The van der Waals surface area contributed by atoms with Gasteiger partial charge in [0.05, 0.1) is 5.69 Å². The first-order chi connectivity index (χ1) is 9.90. The van der Waals surface area contributed by atoms with Crippen LogP contribution in [0.2, 0.25) is 0 Å². The number of benzene rings is 1. The van der Waals surface area contributed by atoms with E-state index in [4.69, 9.17) is 4.98 Å². The number of pyridine rings is 1. The summed E-state index contributed by atoms with van der Waals surface area (Å²) < 4.78 is 5.28. The summed E-state index contributed by atoms with van der Waals surface area (Å²) in [6, 6.07) is 8.36. The lowest BCUT2D eigenvalue weighted by Gasteiger charge is -2.12. The molecule has 0 aliphatic carbocycles. The molecule has 0 spiro atoms. The fourth-order valence-corrected chi connectivity index (χ4v) is 4.01. The number of halogens is 3. The molecule has 5 heteroatoms. The van der Waals surface area contributed by atoms with Gasteiger partial charge in [0.1, 0.15) is 5.65 Å². The molecule has 0 N–H and O–H groups in total. The summed E-state index contributed by atoms with van der Waals surface area (Å²) in [4.78, 5) is 4.74. The average molecular weight is 473 g/mol. The average Bonchev–Trinajstić information content (AvgIpc) is 2.66. The molecule has 2 nitrogen and oxygen atoms in total. The second-order valence-electron chi connectivity index (χ2n) is 5.09. The lowest BCUT2D eigenvalue weighted by Crippen LogP contribution is -2.00. The van der Waals surface area contributed by atoms with Crippen molar-refractivity contribution < 1.29 is 0 Å². The summed E-state index contributed by atoms with van der Waals surface area (Å²) in [5, 5.41) is 1.20. The molecule has 0 unspecified atom stereocenters. The number of aryl methyl sites for hydroxylation is 2. The number of fused-ring (bicyclic) bond motifs is 1. The van der Waals surface area contributed by atoms with Crippen molar-refractivity contribution in [2.45, 2.75) is 20.8 Å². The lowest BCUT2D eigenvalue weighted by molar-refractivity contribution is 1.00. The molecule has 1 aromatic carbocycles. The molecule has 108 valence electrons. The van der Waals surface area contributed by atoms with Crippen molar-refractivity contribution in [2.75, 3.05) is 0 Å². The SMILES string of the molecule is Cc1ccc2c(C)c(C)n(-c3cc(Br)c(Br)cc3Br)c2n1. The topological polar surface area (TPSA) is 17.8 Å². The highest BCUT2D eigenvalue weighted by Gasteiger charge is 2.16. The van der Waals surface area contributed by atoms with E-state index < -0.39 is 0 Å². The Morgan fingerprint density at radius 1 is 0.905 bits per heavy atom. The second-order valence-corrected chi connectivity index (χ2v) is 7.65. The Labute approximate surface area is 149 Å². The van der Waals surface area contributed by atoms with E-state index in [1.165, 1.54) is 16.6 Å². The predicted octanol–water partition coefficient (Wildman–Crippen LogP) is 6.24. The fraction of sp³-hybridized carbons (Fsp3) is 0.188. The third-order valence-corrected chi connectivity index (χ3v) is 6.22. The molecule has 0 saturated carbocycles. The summed E-state index contributed by atoms with van der Waals surface area (Å²) in [5.74, 6) is 0. The molecule has 0 radical (unpaired) electrons. The van der Waals surface area contributed by atoms with Gasteiger partial charge in [-0.2, -0.15) is 0 Å². The Kier molecular flexibility index (Phi) is 4.01. The van der Waals surface area contributed by atoms with Gasteiger partial charge >= 0.3 is 0 Å². The number of hydrogen-bond donors (Lipinski definition) is 0. The zero-order valence-corrected chi connectivity index (χ0v) is 16.6. The zero-order valence-electron chi connectivity index (χ0n) is 11.8. The van der Waals surface area contributed by atoms with Gasteiger partial charge in [0, 0.05) is 30.2 Å². The number of hydrogen-bond acceptors (Lipinski definition) is 1. The highest BCUT2D eigenvalue weighted by atomic mass is 79.9. The van der Waals surface area contributed by atoms with Crippen LogP contribution in [-0.2, 0) is 0 Å². The summed E-state index contributed by atoms with van der Waals surface area (Å²) >= 11 is 10.8. The number of rotatable bonds is 1. The molecule has 2 heterocycles. The first-order valence-electron chi connectivity index (χ1n) is 6.50.